The van der Waals surface area contributed by atoms with Gasteiger partial charge in [-0.3, -0.25) is 4.90 Å². The van der Waals surface area contributed by atoms with Crippen LogP contribution in [0.15, 0.2) is 24.3 Å². The predicted molar refractivity (Wildman–Crippen MR) is 243 cm³/mol. The second-order valence-corrected chi connectivity index (χ2v) is 28.1. The van der Waals surface area contributed by atoms with Crippen molar-refractivity contribution in [3.8, 4) is 11.5 Å². The molecule has 11 aliphatic carbocycles. The first-order valence-electron chi connectivity index (χ1n) is 25.4. The van der Waals surface area contributed by atoms with Crippen molar-refractivity contribution in [1.29, 1.82) is 0 Å². The third kappa shape index (κ3) is 3.74. The number of aryl methyl sites for hydroxylation is 2. The lowest BCUT2D eigenvalue weighted by Gasteiger charge is -2.70. The maximum atomic E-state index is 12.2. The van der Waals surface area contributed by atoms with E-state index in [1.54, 1.807) is 22.3 Å². The van der Waals surface area contributed by atoms with E-state index in [-0.39, 0.29) is 67.4 Å². The summed E-state index contributed by atoms with van der Waals surface area (Å²) in [5.41, 5.74) is 8.73. The second kappa shape index (κ2) is 10.4. The van der Waals surface area contributed by atoms with E-state index < -0.39 is 11.2 Å². The molecular weight excluding hydrogens is 765 g/mol. The highest BCUT2D eigenvalue weighted by molar-refractivity contribution is 5.67. The van der Waals surface area contributed by atoms with E-state index in [4.69, 9.17) is 9.47 Å². The van der Waals surface area contributed by atoms with Gasteiger partial charge in [-0.1, -0.05) is 79.7 Å². The van der Waals surface area contributed by atoms with Gasteiger partial charge >= 0.3 is 0 Å². The molecule has 0 aromatic heterocycles. The average molecular weight is 841 g/mol. The lowest BCUT2D eigenvalue weighted by Crippen LogP contribution is -2.73. The Kier molecular flexibility index (Phi) is 6.54. The summed E-state index contributed by atoms with van der Waals surface area (Å²) in [5.74, 6) is 3.91. The minimum absolute atomic E-state index is 0.0105. The van der Waals surface area contributed by atoms with Crippen LogP contribution in [0.3, 0.4) is 0 Å². The first-order valence-corrected chi connectivity index (χ1v) is 25.4. The predicted octanol–water partition coefficient (Wildman–Crippen LogP) is 9.66. The maximum absolute atomic E-state index is 12.2. The average Bonchev–Trinajstić information content (AvgIpc) is 4.12. The first kappa shape index (κ1) is 39.1. The quantitative estimate of drug-likeness (QED) is 0.266. The van der Waals surface area contributed by atoms with Crippen molar-refractivity contribution < 1.29 is 19.7 Å². The fourth-order valence-corrected chi connectivity index (χ4v) is 20.3. The summed E-state index contributed by atoms with van der Waals surface area (Å²) in [5, 5.41) is 28.2. The molecule has 0 radical (unpaired) electrons. The van der Waals surface area contributed by atoms with Gasteiger partial charge in [0.25, 0.3) is 0 Å². The van der Waals surface area contributed by atoms with E-state index >= 15 is 0 Å². The van der Waals surface area contributed by atoms with E-state index in [9.17, 15) is 10.2 Å². The molecule has 8 bridgehead atoms. The summed E-state index contributed by atoms with van der Waals surface area (Å²) >= 11 is 0. The van der Waals surface area contributed by atoms with Crippen LogP contribution in [0.2, 0.25) is 0 Å². The van der Waals surface area contributed by atoms with Gasteiger partial charge in [-0.15, -0.1) is 0 Å². The molecule has 2 aromatic carbocycles. The molecule has 11 fully saturated rings. The third-order valence-electron chi connectivity index (χ3n) is 24.1. The van der Waals surface area contributed by atoms with E-state index in [1.165, 1.54) is 93.4 Å². The zero-order valence-corrected chi connectivity index (χ0v) is 40.2. The molecule has 334 valence electrons. The molecule has 6 nitrogen and oxygen atoms in total. The molecule has 9 saturated carbocycles. The van der Waals surface area contributed by atoms with Crippen LogP contribution in [-0.4, -0.2) is 68.2 Å². The molecule has 2 saturated heterocycles. The van der Waals surface area contributed by atoms with Crippen LogP contribution in [0.25, 0.3) is 0 Å². The van der Waals surface area contributed by atoms with Gasteiger partial charge in [-0.05, 0) is 156 Å². The fourth-order valence-electron chi connectivity index (χ4n) is 20.3. The molecule has 4 aliphatic heterocycles. The minimum Gasteiger partial charge on any atom is -0.488 e. The van der Waals surface area contributed by atoms with Gasteiger partial charge in [0.2, 0.25) is 0 Å². The SMILES string of the molecule is Cc1ccc2c3c1OC1C4(C)CCC5(CC4C(C)(O)C(C)(C)C)[C@@H]4N(CC6CC6)C4(C2)C[C@]315.Cc1ccc2c3c1OC1C4(C)CCC5(CC4C(C)(O)C(C)(C)C)[C@@H]4NC4(C2)C[C@]315. The Bertz CT molecular complexity index is 2440. The van der Waals surface area contributed by atoms with E-state index in [2.05, 4.69) is 118 Å². The van der Waals surface area contributed by atoms with Gasteiger partial charge in [0.1, 0.15) is 23.7 Å². The molecule has 17 rings (SSSR count). The van der Waals surface area contributed by atoms with Crippen molar-refractivity contribution in [3.05, 3.63) is 57.6 Å². The van der Waals surface area contributed by atoms with Gasteiger partial charge in [0, 0.05) is 73.3 Å². The Hall–Kier alpha value is -2.12. The molecule has 13 unspecified atom stereocenters. The number of nitrogens with zero attached hydrogens (tertiary/aromatic N) is 1. The van der Waals surface area contributed by atoms with Crippen LogP contribution in [0.1, 0.15) is 167 Å². The summed E-state index contributed by atoms with van der Waals surface area (Å²) in [6.07, 6.45) is 15.5. The zero-order chi connectivity index (χ0) is 43.4. The normalized spacial score (nSPS) is 51.7. The van der Waals surface area contributed by atoms with Crippen LogP contribution < -0.4 is 14.8 Å². The van der Waals surface area contributed by atoms with Crippen LogP contribution >= 0.6 is 0 Å². The smallest absolute Gasteiger partial charge is 0.126 e. The number of hydrogen-bond acceptors (Lipinski definition) is 6. The number of nitrogens with one attached hydrogen (secondary N) is 1. The van der Waals surface area contributed by atoms with Gasteiger partial charge in [-0.25, -0.2) is 0 Å². The highest BCUT2D eigenvalue weighted by atomic mass is 16.5. The number of piperidine rings is 2. The molecular formula is C56H76N2O4. The second-order valence-electron chi connectivity index (χ2n) is 28.1. The lowest BCUT2D eigenvalue weighted by molar-refractivity contribution is -0.246. The van der Waals surface area contributed by atoms with Crippen LogP contribution in [0, 0.1) is 64.1 Å². The molecule has 6 heteroatoms. The number of aliphatic hydroxyl groups is 2. The molecule has 0 amide bonds. The van der Waals surface area contributed by atoms with E-state index in [0.29, 0.717) is 23.2 Å². The first-order chi connectivity index (χ1) is 28.9. The molecule has 62 heavy (non-hydrogen) atoms. The summed E-state index contributed by atoms with van der Waals surface area (Å²) < 4.78 is 14.2. The number of likely N-dealkylation sites (tertiary alicyclic amines) is 1. The number of fused-ring (bicyclic) bond motifs is 4. The molecule has 15 aliphatic rings. The topological polar surface area (TPSA) is 83.9 Å². The van der Waals surface area contributed by atoms with Crippen molar-refractivity contribution in [3.63, 3.8) is 0 Å². The van der Waals surface area contributed by atoms with Gasteiger partial charge in [0.15, 0.2) is 0 Å². The minimum atomic E-state index is -0.717. The number of rotatable bonds is 4. The van der Waals surface area contributed by atoms with Gasteiger partial charge in [0.05, 0.1) is 11.2 Å². The standard InChI is InChI=1S/C30H41NO2.C26H35NO2/c1-17-7-10-19-13-29-16-30-21(19)22(17)33-24(30)26(5)11-12-28(30,23(29)31(29)15-18-8-9-18)14-20(26)27(6,32)25(2,3)4;1-14-7-8-15-11-25-13-26-17(15)18(14)29-20(26)22(5)9-10-24(26,19(25)27-25)12-16(22)23(6,28)21(2,3)4/h7,10,18,20,23-24,32H,8-9,11-16H2,1-6H3;7-8,16,19-20,27-28H,9-13H2,1-6H3/t20?,23-,24?,26?,27?,28?,29?,30-,31?;16?,19-,20?,22?,23?,24?,25?,26-/m00/s1. The summed E-state index contributed by atoms with van der Waals surface area (Å²) in [7, 11) is 0. The number of ether oxygens (including phenoxy) is 2. The summed E-state index contributed by atoms with van der Waals surface area (Å²) in [6, 6.07) is 10.7. The Morgan fingerprint density at radius 2 is 1.18 bits per heavy atom. The van der Waals surface area contributed by atoms with Crippen molar-refractivity contribution in [2.75, 3.05) is 6.54 Å². The lowest BCUT2D eigenvalue weighted by atomic mass is 9.35. The third-order valence-corrected chi connectivity index (χ3v) is 24.1. The Labute approximate surface area is 372 Å². The van der Waals surface area contributed by atoms with Crippen LogP contribution in [0.4, 0.5) is 0 Å². The Morgan fingerprint density at radius 1 is 0.677 bits per heavy atom. The highest BCUT2D eigenvalue weighted by Crippen LogP contribution is 2.88. The molecule has 4 heterocycles. The van der Waals surface area contributed by atoms with Gasteiger partial charge < -0.3 is 25.0 Å². The maximum Gasteiger partial charge on any atom is 0.126 e. The van der Waals surface area contributed by atoms with Crippen molar-refractivity contribution in [2.24, 2.45) is 50.2 Å². The van der Waals surface area contributed by atoms with Crippen LogP contribution in [0.5, 0.6) is 11.5 Å². The van der Waals surface area contributed by atoms with Crippen LogP contribution in [-0.2, 0) is 23.7 Å². The number of hydrogen-bond donors (Lipinski definition) is 3. The summed E-state index contributed by atoms with van der Waals surface area (Å²) in [6.45, 7) is 28.4. The Balaban J connectivity index is 0.000000122. The van der Waals surface area contributed by atoms with Gasteiger partial charge in [-0.2, -0.15) is 0 Å². The van der Waals surface area contributed by atoms with Crippen molar-refractivity contribution in [2.45, 2.75) is 218 Å². The fraction of sp³-hybridized carbons (Fsp3) is 0.786. The molecule has 6 spiro atoms. The van der Waals surface area contributed by atoms with E-state index in [0.717, 1.165) is 18.8 Å². The zero-order valence-electron chi connectivity index (χ0n) is 40.2. The monoisotopic (exact) mass is 841 g/mol. The van der Waals surface area contributed by atoms with Crippen molar-refractivity contribution in [1.82, 2.24) is 10.2 Å². The van der Waals surface area contributed by atoms with Crippen molar-refractivity contribution >= 4 is 0 Å². The molecule has 2 aromatic rings. The van der Waals surface area contributed by atoms with E-state index in [1.807, 2.05) is 0 Å². The number of benzene rings is 2. The Morgan fingerprint density at radius 3 is 1.71 bits per heavy atom. The molecule has 17 atom stereocenters. The largest absolute Gasteiger partial charge is 0.488 e. The highest BCUT2D eigenvalue weighted by Gasteiger charge is 2.92. The summed E-state index contributed by atoms with van der Waals surface area (Å²) in [4.78, 5) is 2.98. The molecule has 3 N–H and O–H groups in total.